The zero-order valence-corrected chi connectivity index (χ0v) is 7.66. The van der Waals surface area contributed by atoms with Crippen LogP contribution in [0.4, 0.5) is 0 Å². The maximum absolute atomic E-state index is 11.3. The molecular weight excluding hydrogens is 172 g/mol. The molecule has 0 amide bonds. The monoisotopic (exact) mass is 180 g/mol. The first kappa shape index (κ1) is 7.49. The molecule has 0 spiro atoms. The molecular formula is C8H8N2OS. The third-order valence-corrected chi connectivity index (χ3v) is 2.81. The fourth-order valence-electron chi connectivity index (χ4n) is 1.15. The van der Waals surface area contributed by atoms with Gasteiger partial charge in [0.15, 0.2) is 0 Å². The zero-order valence-electron chi connectivity index (χ0n) is 6.84. The van der Waals surface area contributed by atoms with Gasteiger partial charge in [-0.3, -0.25) is 4.79 Å². The molecule has 0 aromatic carbocycles. The Bertz CT molecular complexity index is 483. The largest absolute Gasteiger partial charge is 0.310 e. The number of nitrogens with one attached hydrogen (secondary N) is 1. The molecule has 0 saturated heterocycles. The second-order valence-corrected chi connectivity index (χ2v) is 3.63. The molecule has 2 rings (SSSR count). The molecule has 2 aromatic rings. The average molecular weight is 180 g/mol. The lowest BCUT2D eigenvalue weighted by molar-refractivity contribution is 1.06. The highest BCUT2D eigenvalue weighted by Crippen LogP contribution is 2.19. The first-order valence-corrected chi connectivity index (χ1v) is 4.51. The summed E-state index contributed by atoms with van der Waals surface area (Å²) in [7, 11) is 0. The molecule has 0 bridgehead atoms. The number of hydrogen-bond acceptors (Lipinski definition) is 3. The molecule has 2 aromatic heterocycles. The lowest BCUT2D eigenvalue weighted by atomic mass is 10.3. The maximum Gasteiger partial charge on any atom is 0.268 e. The van der Waals surface area contributed by atoms with E-state index in [1.165, 1.54) is 11.3 Å². The topological polar surface area (TPSA) is 45.8 Å². The lowest BCUT2D eigenvalue weighted by Gasteiger charge is -1.92. The van der Waals surface area contributed by atoms with Gasteiger partial charge < -0.3 is 4.98 Å². The van der Waals surface area contributed by atoms with Gasteiger partial charge in [-0.2, -0.15) is 0 Å². The van der Waals surface area contributed by atoms with Gasteiger partial charge in [-0.15, -0.1) is 11.3 Å². The Morgan fingerprint density at radius 1 is 1.50 bits per heavy atom. The van der Waals surface area contributed by atoms with Crippen LogP contribution in [0.25, 0.3) is 10.2 Å². The van der Waals surface area contributed by atoms with E-state index in [1.54, 1.807) is 6.92 Å². The van der Waals surface area contributed by atoms with Crippen LogP contribution in [0.1, 0.15) is 11.4 Å². The van der Waals surface area contributed by atoms with E-state index >= 15 is 0 Å². The van der Waals surface area contributed by atoms with Gasteiger partial charge >= 0.3 is 0 Å². The molecule has 0 unspecified atom stereocenters. The van der Waals surface area contributed by atoms with Crippen LogP contribution in [0, 0.1) is 13.8 Å². The number of nitrogens with zero attached hydrogens (tertiary/aromatic N) is 1. The van der Waals surface area contributed by atoms with Crippen molar-refractivity contribution in [3.05, 3.63) is 27.1 Å². The van der Waals surface area contributed by atoms with E-state index in [4.69, 9.17) is 0 Å². The van der Waals surface area contributed by atoms with Crippen molar-refractivity contribution < 1.29 is 0 Å². The quantitative estimate of drug-likeness (QED) is 0.669. The summed E-state index contributed by atoms with van der Waals surface area (Å²) in [6.07, 6.45) is 0. The van der Waals surface area contributed by atoms with Gasteiger partial charge in [-0.1, -0.05) is 0 Å². The van der Waals surface area contributed by atoms with Crippen LogP contribution in [0.15, 0.2) is 10.2 Å². The standard InChI is InChI=1S/C8H8N2OS/c1-4-3-12-7-6(4)9-5(2)10-8(7)11/h3H,1-2H3,(H,9,10,11). The Labute approximate surface area is 73.1 Å². The van der Waals surface area contributed by atoms with E-state index in [9.17, 15) is 4.79 Å². The van der Waals surface area contributed by atoms with Gasteiger partial charge in [0.25, 0.3) is 5.56 Å². The van der Waals surface area contributed by atoms with Crippen LogP contribution in [-0.4, -0.2) is 9.97 Å². The molecule has 2 heterocycles. The second kappa shape index (κ2) is 2.42. The van der Waals surface area contributed by atoms with E-state index < -0.39 is 0 Å². The van der Waals surface area contributed by atoms with Gasteiger partial charge in [-0.25, -0.2) is 4.98 Å². The van der Waals surface area contributed by atoms with Gasteiger partial charge in [-0.05, 0) is 24.8 Å². The minimum absolute atomic E-state index is 0.0319. The summed E-state index contributed by atoms with van der Waals surface area (Å²) >= 11 is 1.44. The molecule has 0 aliphatic carbocycles. The fraction of sp³-hybridized carbons (Fsp3) is 0.250. The van der Waals surface area contributed by atoms with Crippen molar-refractivity contribution in [2.45, 2.75) is 13.8 Å². The van der Waals surface area contributed by atoms with E-state index in [2.05, 4.69) is 9.97 Å². The Hall–Kier alpha value is -1.16. The van der Waals surface area contributed by atoms with Gasteiger partial charge in [0.2, 0.25) is 0 Å². The number of hydrogen-bond donors (Lipinski definition) is 1. The minimum atomic E-state index is -0.0319. The number of aryl methyl sites for hydroxylation is 2. The summed E-state index contributed by atoms with van der Waals surface area (Å²) < 4.78 is 0.720. The summed E-state index contributed by atoms with van der Waals surface area (Å²) in [6.45, 7) is 3.75. The number of rotatable bonds is 0. The van der Waals surface area contributed by atoms with Crippen molar-refractivity contribution >= 4 is 21.6 Å². The van der Waals surface area contributed by atoms with E-state index in [0.29, 0.717) is 5.82 Å². The third kappa shape index (κ3) is 0.956. The summed E-state index contributed by atoms with van der Waals surface area (Å²) in [6, 6.07) is 0. The summed E-state index contributed by atoms with van der Waals surface area (Å²) in [5, 5.41) is 1.95. The summed E-state index contributed by atoms with van der Waals surface area (Å²) in [4.78, 5) is 18.2. The van der Waals surface area contributed by atoms with Crippen molar-refractivity contribution in [3.63, 3.8) is 0 Å². The van der Waals surface area contributed by atoms with Crippen LogP contribution in [0.2, 0.25) is 0 Å². The molecule has 0 saturated carbocycles. The van der Waals surface area contributed by atoms with Crippen molar-refractivity contribution in [1.82, 2.24) is 9.97 Å². The highest BCUT2D eigenvalue weighted by Gasteiger charge is 2.05. The lowest BCUT2D eigenvalue weighted by Crippen LogP contribution is -2.07. The number of aromatic amines is 1. The van der Waals surface area contributed by atoms with E-state index in [-0.39, 0.29) is 5.56 Å². The van der Waals surface area contributed by atoms with Crippen molar-refractivity contribution in [2.24, 2.45) is 0 Å². The SMILES string of the molecule is Cc1nc2c(C)csc2c(=O)[nH]1. The molecule has 0 fully saturated rings. The molecule has 0 radical (unpaired) electrons. The minimum Gasteiger partial charge on any atom is -0.310 e. The molecule has 0 aliphatic heterocycles. The number of H-pyrrole nitrogens is 1. The fourth-order valence-corrected chi connectivity index (χ4v) is 2.04. The van der Waals surface area contributed by atoms with E-state index in [1.807, 2.05) is 12.3 Å². The van der Waals surface area contributed by atoms with Gasteiger partial charge in [0.05, 0.1) is 5.52 Å². The Morgan fingerprint density at radius 2 is 2.25 bits per heavy atom. The van der Waals surface area contributed by atoms with Crippen molar-refractivity contribution in [3.8, 4) is 0 Å². The number of fused-ring (bicyclic) bond motifs is 1. The highest BCUT2D eigenvalue weighted by molar-refractivity contribution is 7.17. The number of thiophene rings is 1. The molecule has 4 heteroatoms. The van der Waals surface area contributed by atoms with Crippen LogP contribution in [0.3, 0.4) is 0 Å². The van der Waals surface area contributed by atoms with Crippen LogP contribution >= 0.6 is 11.3 Å². The second-order valence-electron chi connectivity index (χ2n) is 2.75. The van der Waals surface area contributed by atoms with E-state index in [0.717, 1.165) is 15.8 Å². The first-order valence-electron chi connectivity index (χ1n) is 3.63. The Kier molecular flexibility index (Phi) is 1.51. The van der Waals surface area contributed by atoms with Crippen molar-refractivity contribution in [1.29, 1.82) is 0 Å². The molecule has 0 aliphatic rings. The predicted octanol–water partition coefficient (Wildman–Crippen LogP) is 1.60. The van der Waals surface area contributed by atoms with Crippen LogP contribution < -0.4 is 5.56 Å². The smallest absolute Gasteiger partial charge is 0.268 e. The highest BCUT2D eigenvalue weighted by atomic mass is 32.1. The van der Waals surface area contributed by atoms with Crippen LogP contribution in [0.5, 0.6) is 0 Å². The predicted molar refractivity (Wildman–Crippen MR) is 49.7 cm³/mol. The normalized spacial score (nSPS) is 10.8. The molecule has 0 atom stereocenters. The Balaban J connectivity index is 3.03. The summed E-state index contributed by atoms with van der Waals surface area (Å²) in [5.74, 6) is 0.675. The summed E-state index contributed by atoms with van der Waals surface area (Å²) in [5.41, 5.74) is 1.88. The van der Waals surface area contributed by atoms with Crippen molar-refractivity contribution in [2.75, 3.05) is 0 Å². The first-order chi connectivity index (χ1) is 5.68. The maximum atomic E-state index is 11.3. The molecule has 1 N–H and O–H groups in total. The number of aromatic nitrogens is 2. The van der Waals surface area contributed by atoms with Crippen LogP contribution in [-0.2, 0) is 0 Å². The average Bonchev–Trinajstić information content (AvgIpc) is 2.33. The molecule has 12 heavy (non-hydrogen) atoms. The third-order valence-electron chi connectivity index (χ3n) is 1.72. The zero-order chi connectivity index (χ0) is 8.72. The molecule has 3 nitrogen and oxygen atoms in total. The Morgan fingerprint density at radius 3 is 3.00 bits per heavy atom. The van der Waals surface area contributed by atoms with Gasteiger partial charge in [0.1, 0.15) is 10.5 Å². The molecule has 62 valence electrons. The van der Waals surface area contributed by atoms with Gasteiger partial charge in [0, 0.05) is 0 Å².